The van der Waals surface area contributed by atoms with Gasteiger partial charge >= 0.3 is 12.1 Å². The van der Waals surface area contributed by atoms with Gasteiger partial charge in [0.15, 0.2) is 0 Å². The average Bonchev–Trinajstić information content (AvgIpc) is 3.18. The monoisotopic (exact) mass is 480 g/mol. The van der Waals surface area contributed by atoms with E-state index in [2.05, 4.69) is 29.6 Å². The van der Waals surface area contributed by atoms with Crippen molar-refractivity contribution in [2.24, 2.45) is 5.92 Å². The highest BCUT2D eigenvalue weighted by Crippen LogP contribution is 2.44. The van der Waals surface area contributed by atoms with E-state index in [1.165, 1.54) is 11.1 Å². The fraction of sp³-hybridized carbons (Fsp3) is 0.444. The maximum absolute atomic E-state index is 12.6. The van der Waals surface area contributed by atoms with E-state index >= 15 is 0 Å². The molecule has 0 bridgehead atoms. The Balaban J connectivity index is 1.22. The number of carboxylic acid groups (broad SMARTS) is 1. The van der Waals surface area contributed by atoms with E-state index < -0.39 is 18.1 Å². The molecule has 0 spiro atoms. The third-order valence-electron chi connectivity index (χ3n) is 6.75. The number of hydrogen-bond donors (Lipinski definition) is 2. The number of nitrogens with zero attached hydrogens (tertiary/aromatic N) is 1. The third kappa shape index (κ3) is 6.00. The van der Waals surface area contributed by atoms with Crippen LogP contribution in [0.5, 0.6) is 0 Å². The second-order valence-electron chi connectivity index (χ2n) is 9.26. The summed E-state index contributed by atoms with van der Waals surface area (Å²) in [5, 5.41) is 11.9. The van der Waals surface area contributed by atoms with E-state index in [0.29, 0.717) is 32.5 Å². The van der Waals surface area contributed by atoms with Crippen molar-refractivity contribution in [3.8, 4) is 11.1 Å². The highest BCUT2D eigenvalue weighted by Gasteiger charge is 2.30. The summed E-state index contributed by atoms with van der Waals surface area (Å²) in [5.74, 6) is -0.944. The molecule has 8 nitrogen and oxygen atoms in total. The zero-order valence-electron chi connectivity index (χ0n) is 19.9. The van der Waals surface area contributed by atoms with Gasteiger partial charge in [0.25, 0.3) is 0 Å². The Kier molecular flexibility index (Phi) is 8.02. The van der Waals surface area contributed by atoms with Gasteiger partial charge in [0.05, 0.1) is 25.7 Å². The van der Waals surface area contributed by atoms with Crippen molar-refractivity contribution in [2.75, 3.05) is 32.9 Å². The molecule has 1 saturated heterocycles. The molecular formula is C27H32N2O6. The topological polar surface area (TPSA) is 105 Å². The molecule has 1 fully saturated rings. The lowest BCUT2D eigenvalue weighted by Gasteiger charge is -2.35. The van der Waals surface area contributed by atoms with Crippen LogP contribution in [0, 0.1) is 5.92 Å². The van der Waals surface area contributed by atoms with E-state index in [-0.39, 0.29) is 37.4 Å². The number of carboxylic acids is 1. The van der Waals surface area contributed by atoms with E-state index in [9.17, 15) is 14.4 Å². The number of rotatable bonds is 9. The van der Waals surface area contributed by atoms with Gasteiger partial charge in [-0.1, -0.05) is 55.5 Å². The molecule has 35 heavy (non-hydrogen) atoms. The SMILES string of the molecule is CC(CCC(=O)N1CCOCC1CC(=O)O)CNC(=O)OCC1c2ccccc2-c2ccccc21. The van der Waals surface area contributed by atoms with Crippen LogP contribution in [0.2, 0.25) is 0 Å². The van der Waals surface area contributed by atoms with Crippen LogP contribution in [0.1, 0.15) is 43.2 Å². The fourth-order valence-corrected chi connectivity index (χ4v) is 4.88. The summed E-state index contributed by atoms with van der Waals surface area (Å²) in [6.45, 7) is 3.69. The molecule has 186 valence electrons. The number of morpholine rings is 1. The molecule has 1 aliphatic heterocycles. The summed E-state index contributed by atoms with van der Waals surface area (Å²) >= 11 is 0. The van der Waals surface area contributed by atoms with Crippen molar-refractivity contribution in [3.05, 3.63) is 59.7 Å². The van der Waals surface area contributed by atoms with E-state index in [1.54, 1.807) is 4.90 Å². The molecule has 1 aliphatic carbocycles. The fourth-order valence-electron chi connectivity index (χ4n) is 4.88. The van der Waals surface area contributed by atoms with Crippen molar-refractivity contribution in [2.45, 2.75) is 38.1 Å². The molecule has 4 rings (SSSR count). The molecule has 1 heterocycles. The molecule has 2 aromatic carbocycles. The molecule has 2 N–H and O–H groups in total. The second kappa shape index (κ2) is 11.4. The van der Waals surface area contributed by atoms with Crippen molar-refractivity contribution in [1.82, 2.24) is 10.2 Å². The summed E-state index contributed by atoms with van der Waals surface area (Å²) < 4.78 is 10.9. The molecule has 0 aromatic heterocycles. The molecule has 2 aliphatic rings. The molecule has 2 unspecified atom stereocenters. The van der Waals surface area contributed by atoms with Gasteiger partial charge in [-0.2, -0.15) is 0 Å². The number of nitrogens with one attached hydrogen (secondary N) is 1. The summed E-state index contributed by atoms with van der Waals surface area (Å²) in [4.78, 5) is 37.7. The Bertz CT molecular complexity index is 1030. The maximum Gasteiger partial charge on any atom is 0.407 e. The molecule has 0 radical (unpaired) electrons. The molecule has 2 amide bonds. The first-order valence-corrected chi connectivity index (χ1v) is 12.1. The van der Waals surface area contributed by atoms with Gasteiger partial charge in [-0.25, -0.2) is 4.79 Å². The van der Waals surface area contributed by atoms with Gasteiger partial charge in [-0.15, -0.1) is 0 Å². The van der Waals surface area contributed by atoms with E-state index in [0.717, 1.165) is 11.1 Å². The number of aliphatic carboxylic acids is 1. The Labute approximate surface area is 205 Å². The summed E-state index contributed by atoms with van der Waals surface area (Å²) in [6, 6.07) is 16.0. The minimum absolute atomic E-state index is 0.00969. The average molecular weight is 481 g/mol. The third-order valence-corrected chi connectivity index (χ3v) is 6.75. The van der Waals surface area contributed by atoms with Crippen molar-refractivity contribution >= 4 is 18.0 Å². The smallest absolute Gasteiger partial charge is 0.407 e. The number of ether oxygens (including phenoxy) is 2. The van der Waals surface area contributed by atoms with Gasteiger partial charge in [-0.05, 0) is 34.6 Å². The number of fused-ring (bicyclic) bond motifs is 3. The Morgan fingerprint density at radius 1 is 1.11 bits per heavy atom. The highest BCUT2D eigenvalue weighted by molar-refractivity contribution is 5.79. The minimum atomic E-state index is -0.945. The zero-order valence-corrected chi connectivity index (χ0v) is 19.9. The number of amides is 2. The lowest BCUT2D eigenvalue weighted by Crippen LogP contribution is -2.49. The second-order valence-corrected chi connectivity index (χ2v) is 9.26. The molecule has 2 aromatic rings. The van der Waals surface area contributed by atoms with Crippen LogP contribution in [0.3, 0.4) is 0 Å². The van der Waals surface area contributed by atoms with Crippen LogP contribution in [-0.2, 0) is 19.1 Å². The number of carbonyl (C=O) groups excluding carboxylic acids is 2. The van der Waals surface area contributed by atoms with Crippen LogP contribution < -0.4 is 5.32 Å². The van der Waals surface area contributed by atoms with Crippen LogP contribution in [-0.4, -0.2) is 66.9 Å². The van der Waals surface area contributed by atoms with Gasteiger partial charge in [-0.3, -0.25) is 9.59 Å². The summed E-state index contributed by atoms with van der Waals surface area (Å²) in [5.41, 5.74) is 4.69. The number of hydrogen-bond acceptors (Lipinski definition) is 5. The summed E-state index contributed by atoms with van der Waals surface area (Å²) in [6.07, 6.45) is 0.285. The van der Waals surface area contributed by atoms with Gasteiger partial charge in [0.2, 0.25) is 5.91 Å². The van der Waals surface area contributed by atoms with E-state index in [1.807, 2.05) is 31.2 Å². The lowest BCUT2D eigenvalue weighted by atomic mass is 9.98. The normalized spacial score (nSPS) is 17.9. The molecular weight excluding hydrogens is 448 g/mol. The quantitative estimate of drug-likeness (QED) is 0.568. The number of benzene rings is 2. The van der Waals surface area contributed by atoms with Crippen LogP contribution in [0.25, 0.3) is 11.1 Å². The van der Waals surface area contributed by atoms with Crippen molar-refractivity contribution in [1.29, 1.82) is 0 Å². The Hall–Kier alpha value is -3.39. The largest absolute Gasteiger partial charge is 0.481 e. The number of alkyl carbamates (subject to hydrolysis) is 1. The predicted molar refractivity (Wildman–Crippen MR) is 130 cm³/mol. The summed E-state index contributed by atoms with van der Waals surface area (Å²) in [7, 11) is 0. The Morgan fingerprint density at radius 2 is 1.77 bits per heavy atom. The lowest BCUT2D eigenvalue weighted by molar-refractivity contribution is -0.146. The maximum atomic E-state index is 12.6. The van der Waals surface area contributed by atoms with Crippen LogP contribution in [0.15, 0.2) is 48.5 Å². The molecule has 8 heteroatoms. The minimum Gasteiger partial charge on any atom is -0.481 e. The van der Waals surface area contributed by atoms with Crippen molar-refractivity contribution in [3.63, 3.8) is 0 Å². The first kappa shape index (κ1) is 24.7. The highest BCUT2D eigenvalue weighted by atomic mass is 16.5. The predicted octanol–water partition coefficient (Wildman–Crippen LogP) is 3.64. The van der Waals surface area contributed by atoms with Gasteiger partial charge < -0.3 is 24.8 Å². The first-order chi connectivity index (χ1) is 16.9. The van der Waals surface area contributed by atoms with Gasteiger partial charge in [0, 0.05) is 25.4 Å². The molecule has 0 saturated carbocycles. The molecule has 2 atom stereocenters. The van der Waals surface area contributed by atoms with Gasteiger partial charge in [0.1, 0.15) is 6.61 Å². The standard InChI is InChI=1S/C27H32N2O6/c1-18(10-11-25(30)29-12-13-34-16-19(29)14-26(31)32)15-28-27(33)35-17-24-22-8-4-2-6-20(22)21-7-3-5-9-23(21)24/h2-9,18-19,24H,10-17H2,1H3,(H,28,33)(H,31,32). The Morgan fingerprint density at radius 3 is 2.43 bits per heavy atom. The van der Waals surface area contributed by atoms with Crippen LogP contribution in [0.4, 0.5) is 4.79 Å². The number of carbonyl (C=O) groups is 3. The first-order valence-electron chi connectivity index (χ1n) is 12.1. The van der Waals surface area contributed by atoms with Crippen molar-refractivity contribution < 1.29 is 29.0 Å². The van der Waals surface area contributed by atoms with E-state index in [4.69, 9.17) is 14.6 Å². The zero-order chi connectivity index (χ0) is 24.8. The van der Waals surface area contributed by atoms with Crippen LogP contribution >= 0.6 is 0 Å².